The molecule has 0 atom stereocenters. The van der Waals surface area contributed by atoms with Gasteiger partial charge < -0.3 is 45.9 Å². The van der Waals surface area contributed by atoms with Crippen LogP contribution in [0.4, 0.5) is 0 Å². The van der Waals surface area contributed by atoms with Gasteiger partial charge in [0.1, 0.15) is 0 Å². The Balaban J connectivity index is 3.28. The topological polar surface area (TPSA) is 208 Å². The summed E-state index contributed by atoms with van der Waals surface area (Å²) in [4.78, 5) is 55.3. The summed E-state index contributed by atoms with van der Waals surface area (Å²) >= 11 is 0. The maximum Gasteiger partial charge on any atom is 0.302 e. The fraction of sp³-hybridized carbons (Fsp3) is 0.783. The van der Waals surface area contributed by atoms with Crippen LogP contribution in [0.25, 0.3) is 0 Å². The van der Waals surface area contributed by atoms with Crippen LogP contribution in [0.5, 0.6) is 0 Å². The number of carbonyl (C=O) groups is 5. The molecule has 0 aromatic rings. The zero-order valence-corrected chi connectivity index (χ0v) is 22.1. The number of rotatable bonds is 29. The van der Waals surface area contributed by atoms with E-state index in [-0.39, 0.29) is 13.0 Å². The highest BCUT2D eigenvalue weighted by atomic mass is 16.5. The van der Waals surface area contributed by atoms with Gasteiger partial charge in [-0.1, -0.05) is 0 Å². The highest BCUT2D eigenvalue weighted by Crippen LogP contribution is 1.85. The van der Waals surface area contributed by atoms with Crippen molar-refractivity contribution in [1.82, 2.24) is 26.6 Å². The number of Topliss-reactive ketones (excluding diaryl/α,β-unsaturated/α-hetero) is 2. The van der Waals surface area contributed by atoms with Gasteiger partial charge in [-0.25, -0.2) is 0 Å². The van der Waals surface area contributed by atoms with Crippen LogP contribution in [-0.2, 0) is 42.9 Å². The average Bonchev–Trinajstić information content (AvgIpc) is 2.92. The van der Waals surface area contributed by atoms with Gasteiger partial charge >= 0.3 is 5.91 Å². The van der Waals surface area contributed by atoms with E-state index in [2.05, 4.69) is 21.3 Å². The van der Waals surface area contributed by atoms with Crippen LogP contribution in [0, 0.1) is 0 Å². The summed E-state index contributed by atoms with van der Waals surface area (Å²) in [5.41, 5.74) is 5.35. The summed E-state index contributed by atoms with van der Waals surface area (Å²) < 4.78 is 21.7. The van der Waals surface area contributed by atoms with Crippen molar-refractivity contribution in [3.63, 3.8) is 0 Å². The number of ketones is 2. The van der Waals surface area contributed by atoms with Crippen LogP contribution >= 0.6 is 0 Å². The van der Waals surface area contributed by atoms with Crippen molar-refractivity contribution in [2.45, 2.75) is 12.8 Å². The van der Waals surface area contributed by atoms with Gasteiger partial charge in [-0.15, -0.1) is 0 Å². The van der Waals surface area contributed by atoms with E-state index >= 15 is 0 Å². The van der Waals surface area contributed by atoms with Gasteiger partial charge in [0.05, 0.1) is 39.6 Å². The quantitative estimate of drug-likeness (QED) is 0.0229. The average molecular weight is 549 g/mol. The molecular formula is C23H44N6O9. The first kappa shape index (κ1) is 35.6. The molecule has 0 bridgehead atoms. The summed E-state index contributed by atoms with van der Waals surface area (Å²) in [5, 5.41) is 13.4. The number of amides is 3. The van der Waals surface area contributed by atoms with Crippen molar-refractivity contribution < 1.29 is 42.9 Å². The second-order valence-electron chi connectivity index (χ2n) is 7.70. The van der Waals surface area contributed by atoms with Gasteiger partial charge in [0.2, 0.25) is 6.41 Å². The number of ether oxygens (including phenoxy) is 4. The largest absolute Gasteiger partial charge is 0.380 e. The zero-order valence-electron chi connectivity index (χ0n) is 22.1. The van der Waals surface area contributed by atoms with Gasteiger partial charge in [0, 0.05) is 52.5 Å². The maximum absolute atomic E-state index is 11.5. The molecular weight excluding hydrogens is 504 g/mol. The van der Waals surface area contributed by atoms with E-state index in [9.17, 15) is 24.0 Å². The molecule has 0 rings (SSSR count). The first-order valence-corrected chi connectivity index (χ1v) is 12.8. The zero-order chi connectivity index (χ0) is 28.1. The van der Waals surface area contributed by atoms with E-state index in [0.717, 1.165) is 45.6 Å². The third-order valence-electron chi connectivity index (χ3n) is 4.59. The monoisotopic (exact) mass is 548 g/mol. The van der Waals surface area contributed by atoms with Crippen LogP contribution in [0.2, 0.25) is 0 Å². The van der Waals surface area contributed by atoms with Crippen molar-refractivity contribution in [3.8, 4) is 0 Å². The van der Waals surface area contributed by atoms with Crippen LogP contribution in [0.3, 0.4) is 0 Å². The normalized spacial score (nSPS) is 10.8. The molecule has 0 saturated heterocycles. The molecule has 0 aliphatic carbocycles. The molecule has 38 heavy (non-hydrogen) atoms. The van der Waals surface area contributed by atoms with Crippen molar-refractivity contribution in [1.29, 1.82) is 0 Å². The van der Waals surface area contributed by atoms with Gasteiger partial charge in [-0.2, -0.15) is 0 Å². The lowest BCUT2D eigenvalue weighted by Crippen LogP contribution is -2.44. The van der Waals surface area contributed by atoms with E-state index in [0.29, 0.717) is 65.9 Å². The van der Waals surface area contributed by atoms with Gasteiger partial charge in [0.25, 0.3) is 17.5 Å². The lowest BCUT2D eigenvalue weighted by atomic mass is 10.2. The van der Waals surface area contributed by atoms with Crippen LogP contribution in [0.1, 0.15) is 12.8 Å². The fourth-order valence-electron chi connectivity index (χ4n) is 2.69. The number of nitrogens with two attached hydrogens (primary N) is 1. The Morgan fingerprint density at radius 2 is 1.03 bits per heavy atom. The molecule has 7 N–H and O–H groups in total. The second-order valence-corrected chi connectivity index (χ2v) is 7.70. The second kappa shape index (κ2) is 27.7. The Hall–Kier alpha value is -2.37. The molecule has 0 aliphatic heterocycles. The molecule has 0 saturated carbocycles. The number of imide groups is 1. The van der Waals surface area contributed by atoms with E-state index < -0.39 is 23.4 Å². The third kappa shape index (κ3) is 22.8. The van der Waals surface area contributed by atoms with Crippen molar-refractivity contribution in [2.24, 2.45) is 5.73 Å². The van der Waals surface area contributed by atoms with E-state index in [1.165, 1.54) is 5.32 Å². The number of hydrogen-bond acceptors (Lipinski definition) is 13. The van der Waals surface area contributed by atoms with Crippen LogP contribution < -0.4 is 32.3 Å². The minimum atomic E-state index is -1.60. The molecule has 0 radical (unpaired) electrons. The van der Waals surface area contributed by atoms with Crippen molar-refractivity contribution in [2.75, 3.05) is 105 Å². The number of carbonyl (C=O) groups excluding carboxylic acids is 5. The molecule has 15 nitrogen and oxygen atoms in total. The summed E-state index contributed by atoms with van der Waals surface area (Å²) in [6.45, 7) is 9.56. The molecule has 0 aromatic heterocycles. The summed E-state index contributed by atoms with van der Waals surface area (Å²) in [6.07, 6.45) is 1.66. The number of hydrogen-bond donors (Lipinski definition) is 6. The van der Waals surface area contributed by atoms with E-state index in [1.54, 1.807) is 0 Å². The minimum absolute atomic E-state index is 0.0465. The Morgan fingerprint density at radius 3 is 1.61 bits per heavy atom. The van der Waals surface area contributed by atoms with E-state index in [1.807, 2.05) is 0 Å². The molecule has 220 valence electrons. The van der Waals surface area contributed by atoms with Crippen molar-refractivity contribution in [3.05, 3.63) is 0 Å². The molecule has 0 fully saturated rings. The SMILES string of the molecule is NCCOCCCNCCNCCOCCOCCOCCCNCCNC(=O)C(=O)C(=O)C(=O)NC=O. The predicted molar refractivity (Wildman–Crippen MR) is 137 cm³/mol. The Morgan fingerprint density at radius 1 is 0.553 bits per heavy atom. The first-order valence-electron chi connectivity index (χ1n) is 12.8. The molecule has 0 heterocycles. The van der Waals surface area contributed by atoms with Crippen LogP contribution in [-0.4, -0.2) is 135 Å². The van der Waals surface area contributed by atoms with Crippen LogP contribution in [0.15, 0.2) is 0 Å². The molecule has 0 aliphatic rings. The highest BCUT2D eigenvalue weighted by molar-refractivity contribution is 6.77. The smallest absolute Gasteiger partial charge is 0.302 e. The first-order chi connectivity index (χ1) is 18.5. The van der Waals surface area contributed by atoms with E-state index in [4.69, 9.17) is 24.7 Å². The molecule has 3 amide bonds. The minimum Gasteiger partial charge on any atom is -0.380 e. The maximum atomic E-state index is 11.5. The summed E-state index contributed by atoms with van der Waals surface area (Å²) in [5.74, 6) is -5.78. The lowest BCUT2D eigenvalue weighted by Gasteiger charge is -2.09. The molecule has 0 unspecified atom stereocenters. The third-order valence-corrected chi connectivity index (χ3v) is 4.59. The van der Waals surface area contributed by atoms with Gasteiger partial charge in [-0.3, -0.25) is 29.3 Å². The molecule has 0 spiro atoms. The fourth-order valence-corrected chi connectivity index (χ4v) is 2.69. The Kier molecular flexibility index (Phi) is 25.9. The highest BCUT2D eigenvalue weighted by Gasteiger charge is 2.28. The summed E-state index contributed by atoms with van der Waals surface area (Å²) in [7, 11) is 0. The Labute approximate surface area is 223 Å². The predicted octanol–water partition coefficient (Wildman–Crippen LogP) is -3.91. The van der Waals surface area contributed by atoms with Gasteiger partial charge in [-0.05, 0) is 25.9 Å². The Bertz CT molecular complexity index is 655. The van der Waals surface area contributed by atoms with Gasteiger partial charge in [0.15, 0.2) is 0 Å². The lowest BCUT2D eigenvalue weighted by molar-refractivity contribution is -0.149. The standard InChI is InChI=1S/C23H44N6O9/c24-3-13-35-11-1-4-25-6-7-27-10-14-37-16-18-38-17-15-36-12-2-5-26-8-9-28-22(33)20(31)21(32)23(34)29-19-30/h19,25-27H,1-18,24H2,(H,28,33)(H,29,30,34). The number of nitrogens with one attached hydrogen (secondary N) is 5. The molecule has 0 aromatic carbocycles. The summed E-state index contributed by atoms with van der Waals surface area (Å²) in [6, 6.07) is 0. The molecule has 15 heteroatoms. The van der Waals surface area contributed by atoms with Crippen molar-refractivity contribution >= 4 is 29.8 Å².